The van der Waals surface area contributed by atoms with Gasteiger partial charge in [-0.25, -0.2) is 0 Å². The summed E-state index contributed by atoms with van der Waals surface area (Å²) in [5.41, 5.74) is 4.52. The Bertz CT molecular complexity index is 1740. The smallest absolute Gasteiger partial charge is 0.261 e. The van der Waals surface area contributed by atoms with Crippen LogP contribution in [-0.4, -0.2) is 78.4 Å². The second-order valence-electron chi connectivity index (χ2n) is 10.3. The number of amides is 2. The summed E-state index contributed by atoms with van der Waals surface area (Å²) in [4.78, 5) is 28.5. The van der Waals surface area contributed by atoms with Crippen LogP contribution in [-0.2, 0) is 37.5 Å². The number of rotatable bonds is 2. The topological polar surface area (TPSA) is 123 Å². The molecule has 0 saturated heterocycles. The Balaban J connectivity index is 0.000000595. The molecule has 2 amide bonds. The molecule has 2 aromatic heterocycles. The number of para-hydroxylation sites is 2. The molecule has 2 N–H and O–H groups in total. The molecule has 2 aliphatic heterocycles. The predicted molar refractivity (Wildman–Crippen MR) is 154 cm³/mol. The Kier molecular flexibility index (Phi) is 7.65. The lowest BCUT2D eigenvalue weighted by Crippen LogP contribution is -2.30. The molecular formula is C29H32N4O6S. The van der Waals surface area contributed by atoms with Crippen molar-refractivity contribution < 1.29 is 27.3 Å². The van der Waals surface area contributed by atoms with Crippen molar-refractivity contribution in [1.82, 2.24) is 19.4 Å². The van der Waals surface area contributed by atoms with Crippen LogP contribution < -0.4 is 5.32 Å². The molecule has 1 unspecified atom stereocenters. The van der Waals surface area contributed by atoms with Gasteiger partial charge < -0.3 is 18.8 Å². The van der Waals surface area contributed by atoms with Crippen molar-refractivity contribution in [3.8, 4) is 0 Å². The highest BCUT2D eigenvalue weighted by molar-refractivity contribution is 7.85. The van der Waals surface area contributed by atoms with Gasteiger partial charge in [-0.1, -0.05) is 36.4 Å². The fraction of sp³-hybridized carbons (Fsp3) is 0.310. The molecule has 4 bridgehead atoms. The van der Waals surface area contributed by atoms with E-state index in [2.05, 4.69) is 45.6 Å². The number of aryl methyl sites for hydroxylation is 1. The lowest BCUT2D eigenvalue weighted by Gasteiger charge is -2.22. The van der Waals surface area contributed by atoms with E-state index in [0.717, 1.165) is 52.4 Å². The zero-order chi connectivity index (χ0) is 28.6. The van der Waals surface area contributed by atoms with Crippen LogP contribution in [0.5, 0.6) is 0 Å². The summed E-state index contributed by atoms with van der Waals surface area (Å²) >= 11 is 0. The van der Waals surface area contributed by atoms with Crippen LogP contribution in [0.15, 0.2) is 60.9 Å². The molecule has 0 spiro atoms. The number of benzene rings is 2. The Morgan fingerprint density at radius 3 is 1.88 bits per heavy atom. The van der Waals surface area contributed by atoms with Crippen molar-refractivity contribution >= 4 is 54.9 Å². The van der Waals surface area contributed by atoms with Crippen LogP contribution in [0.2, 0.25) is 0 Å². The highest BCUT2D eigenvalue weighted by Crippen LogP contribution is 2.39. The minimum atomic E-state index is -3.67. The van der Waals surface area contributed by atoms with Crippen LogP contribution in [0.25, 0.3) is 33.0 Å². The summed E-state index contributed by atoms with van der Waals surface area (Å²) in [5.74, 6) is -0.690. The van der Waals surface area contributed by atoms with E-state index >= 15 is 0 Å². The molecule has 0 saturated carbocycles. The Morgan fingerprint density at radius 1 is 0.900 bits per heavy atom. The molecule has 10 nitrogen and oxygen atoms in total. The standard InChI is InChI=1S/C28H28N4O3.CH4O3S/c1-30(2)15-18-11-12-31-16-21(19-7-3-5-9-23(19)31)25-26(28(34)29-27(25)33)22-17-32(13-14-35-18)24-10-6-4-8-20(22)24;1-5(2,3)4/h3-10,16-18H,11-15H2,1-2H3,(H,29,33,34);1H3,(H,2,3,4). The molecule has 4 heterocycles. The Labute approximate surface area is 232 Å². The third kappa shape index (κ3) is 5.73. The average molecular weight is 565 g/mol. The lowest BCUT2D eigenvalue weighted by molar-refractivity contribution is -0.122. The summed E-state index contributed by atoms with van der Waals surface area (Å²) in [6, 6.07) is 16.1. The number of aromatic nitrogens is 2. The van der Waals surface area contributed by atoms with E-state index in [1.807, 2.05) is 48.8 Å². The van der Waals surface area contributed by atoms with Crippen molar-refractivity contribution in [3.63, 3.8) is 0 Å². The number of fused-ring (bicyclic) bond motifs is 12. The molecule has 40 heavy (non-hydrogen) atoms. The van der Waals surface area contributed by atoms with Gasteiger partial charge in [0.05, 0.1) is 30.1 Å². The number of ether oxygens (including phenoxy) is 1. The molecule has 0 fully saturated rings. The third-order valence-electron chi connectivity index (χ3n) is 6.99. The summed E-state index contributed by atoms with van der Waals surface area (Å²) in [5, 5.41) is 4.48. The number of imide groups is 1. The van der Waals surface area contributed by atoms with Gasteiger partial charge >= 0.3 is 0 Å². The number of hydrogen-bond acceptors (Lipinski definition) is 6. The second-order valence-corrected chi connectivity index (χ2v) is 11.8. The highest BCUT2D eigenvalue weighted by atomic mass is 32.2. The van der Waals surface area contributed by atoms with Crippen molar-refractivity contribution in [3.05, 3.63) is 72.1 Å². The summed E-state index contributed by atoms with van der Waals surface area (Å²) in [6.07, 6.45) is 5.64. The minimum absolute atomic E-state index is 0.0741. The zero-order valence-corrected chi connectivity index (χ0v) is 23.4. The summed E-state index contributed by atoms with van der Waals surface area (Å²) < 4.78 is 36.6. The monoisotopic (exact) mass is 564 g/mol. The number of carbonyl (C=O) groups excluding carboxylic acids is 2. The van der Waals surface area contributed by atoms with E-state index in [-0.39, 0.29) is 17.9 Å². The Morgan fingerprint density at radius 2 is 1.38 bits per heavy atom. The third-order valence-corrected chi connectivity index (χ3v) is 6.99. The van der Waals surface area contributed by atoms with E-state index in [9.17, 15) is 18.0 Å². The molecule has 2 aromatic carbocycles. The van der Waals surface area contributed by atoms with Crippen LogP contribution in [0.3, 0.4) is 0 Å². The van der Waals surface area contributed by atoms with Gasteiger partial charge in [-0.2, -0.15) is 8.42 Å². The molecule has 1 atom stereocenters. The number of likely N-dealkylation sites (N-methyl/N-ethyl adjacent to an activating group) is 1. The van der Waals surface area contributed by atoms with Crippen LogP contribution in [0, 0.1) is 0 Å². The predicted octanol–water partition coefficient (Wildman–Crippen LogP) is 3.02. The maximum absolute atomic E-state index is 13.2. The van der Waals surface area contributed by atoms with E-state index in [0.29, 0.717) is 30.6 Å². The maximum atomic E-state index is 13.2. The van der Waals surface area contributed by atoms with Gasteiger partial charge in [0.2, 0.25) is 0 Å². The van der Waals surface area contributed by atoms with Crippen molar-refractivity contribution in [2.45, 2.75) is 25.6 Å². The van der Waals surface area contributed by atoms with E-state index < -0.39 is 10.1 Å². The van der Waals surface area contributed by atoms with Crippen molar-refractivity contribution in [2.24, 2.45) is 0 Å². The van der Waals surface area contributed by atoms with Gasteiger partial charge in [0.25, 0.3) is 21.9 Å². The van der Waals surface area contributed by atoms with Crippen molar-refractivity contribution in [1.29, 1.82) is 0 Å². The summed E-state index contributed by atoms with van der Waals surface area (Å²) in [7, 11) is 0.459. The Hall–Kier alpha value is -3.77. The SMILES string of the molecule is CN(C)CC1CCn2cc(c3ccccc32)C2=C(C(=O)NC2=O)c2cn(c3ccccc23)CCO1.CS(=O)(=O)O. The average Bonchev–Trinajstić information content (AvgIpc) is 3.51. The molecule has 2 aliphatic rings. The normalized spacial score (nSPS) is 18.0. The first-order valence-electron chi connectivity index (χ1n) is 13.0. The lowest BCUT2D eigenvalue weighted by atomic mass is 9.95. The molecule has 0 aliphatic carbocycles. The largest absolute Gasteiger partial charge is 0.375 e. The van der Waals surface area contributed by atoms with Gasteiger partial charge in [0, 0.05) is 65.0 Å². The first-order valence-corrected chi connectivity index (χ1v) is 14.8. The number of nitrogens with one attached hydrogen (secondary N) is 1. The molecule has 4 aromatic rings. The van der Waals surface area contributed by atoms with E-state index in [1.54, 1.807) is 0 Å². The molecule has 11 heteroatoms. The van der Waals surface area contributed by atoms with Gasteiger partial charge in [-0.3, -0.25) is 19.5 Å². The molecule has 6 rings (SSSR count). The van der Waals surface area contributed by atoms with Crippen LogP contribution in [0.1, 0.15) is 17.5 Å². The van der Waals surface area contributed by atoms with Gasteiger partial charge in [0.1, 0.15) is 0 Å². The first kappa shape index (κ1) is 27.8. The number of hydrogen-bond donors (Lipinski definition) is 2. The van der Waals surface area contributed by atoms with Crippen molar-refractivity contribution in [2.75, 3.05) is 33.5 Å². The van der Waals surface area contributed by atoms with Crippen LogP contribution >= 0.6 is 0 Å². The quantitative estimate of drug-likeness (QED) is 0.283. The second kappa shape index (κ2) is 11.0. The molecule has 210 valence electrons. The van der Waals surface area contributed by atoms with E-state index in [1.165, 1.54) is 0 Å². The number of carbonyl (C=O) groups is 2. The first-order chi connectivity index (χ1) is 19.0. The summed E-state index contributed by atoms with van der Waals surface area (Å²) in [6.45, 7) is 2.81. The fourth-order valence-electron chi connectivity index (χ4n) is 5.47. The molecule has 0 radical (unpaired) electrons. The maximum Gasteiger partial charge on any atom is 0.261 e. The minimum Gasteiger partial charge on any atom is -0.375 e. The van der Waals surface area contributed by atoms with Gasteiger partial charge in [-0.05, 0) is 32.6 Å². The van der Waals surface area contributed by atoms with Gasteiger partial charge in [0.15, 0.2) is 0 Å². The highest BCUT2D eigenvalue weighted by Gasteiger charge is 2.35. The molecular weight excluding hydrogens is 532 g/mol. The van der Waals surface area contributed by atoms with Gasteiger partial charge in [-0.15, -0.1) is 0 Å². The van der Waals surface area contributed by atoms with Crippen LogP contribution in [0.4, 0.5) is 0 Å². The van der Waals surface area contributed by atoms with E-state index in [4.69, 9.17) is 9.29 Å². The number of nitrogens with zero attached hydrogens (tertiary/aromatic N) is 3. The fourth-order valence-corrected chi connectivity index (χ4v) is 5.47. The zero-order valence-electron chi connectivity index (χ0n) is 22.6.